The Hall–Kier alpha value is -2.05. The second kappa shape index (κ2) is 7.29. The average Bonchev–Trinajstić information content (AvgIpc) is 3.00. The van der Waals surface area contributed by atoms with Crippen molar-refractivity contribution in [2.45, 2.75) is 43.4 Å². The Morgan fingerprint density at radius 3 is 2.73 bits per heavy atom. The third kappa shape index (κ3) is 3.71. The Morgan fingerprint density at radius 2 is 1.96 bits per heavy atom. The van der Waals surface area contributed by atoms with Crippen molar-refractivity contribution < 1.29 is 0 Å². The van der Waals surface area contributed by atoms with Crippen molar-refractivity contribution in [2.24, 2.45) is 0 Å². The average molecular weight is 369 g/mol. The second-order valence-electron chi connectivity index (χ2n) is 7.08. The maximum atomic E-state index is 12.2. The summed E-state index contributed by atoms with van der Waals surface area (Å²) in [4.78, 5) is 20.7. The van der Waals surface area contributed by atoms with E-state index >= 15 is 0 Å². The molecule has 26 heavy (non-hydrogen) atoms. The van der Waals surface area contributed by atoms with E-state index < -0.39 is 0 Å². The number of benzene rings is 1. The van der Waals surface area contributed by atoms with E-state index in [-0.39, 0.29) is 5.56 Å². The van der Waals surface area contributed by atoms with Gasteiger partial charge < -0.3 is 0 Å². The van der Waals surface area contributed by atoms with Gasteiger partial charge in [-0.2, -0.15) is 0 Å². The molecule has 1 N–H and O–H groups in total. The van der Waals surface area contributed by atoms with Gasteiger partial charge in [-0.25, -0.2) is 9.50 Å². The Balaban J connectivity index is 1.38. The molecule has 1 saturated heterocycles. The lowest BCUT2D eigenvalue weighted by atomic mass is 10.1. The standard InChI is InChI=1S/C20H24N4OS/c1-14-5-3-4-6-18(14)26-17-7-9-23(10-8-17)13-16-12-20(25)24-19(21-16)11-15(2)22-24/h3-6,11-12,17,22H,7-10,13H2,1-2H3. The van der Waals surface area contributed by atoms with Crippen molar-refractivity contribution in [3.63, 3.8) is 0 Å². The molecule has 5 nitrogen and oxygen atoms in total. The van der Waals surface area contributed by atoms with E-state index in [0.29, 0.717) is 10.9 Å². The first-order valence-corrected chi connectivity index (χ1v) is 9.99. The number of nitrogens with zero attached hydrogens (tertiary/aromatic N) is 3. The number of H-pyrrole nitrogens is 1. The summed E-state index contributed by atoms with van der Waals surface area (Å²) in [5.41, 5.74) is 3.83. The third-order valence-corrected chi connectivity index (χ3v) is 6.46. The van der Waals surface area contributed by atoms with Crippen LogP contribution in [0.15, 0.2) is 46.1 Å². The summed E-state index contributed by atoms with van der Waals surface area (Å²) in [5.74, 6) is 0. The largest absolute Gasteiger partial charge is 0.297 e. The van der Waals surface area contributed by atoms with Crippen molar-refractivity contribution in [2.75, 3.05) is 13.1 Å². The topological polar surface area (TPSA) is 53.4 Å². The number of aromatic amines is 1. The van der Waals surface area contributed by atoms with Crippen molar-refractivity contribution in [1.82, 2.24) is 19.5 Å². The summed E-state index contributed by atoms with van der Waals surface area (Å²) >= 11 is 2.01. The van der Waals surface area contributed by atoms with Gasteiger partial charge in [0.2, 0.25) is 0 Å². The molecule has 1 aliphatic heterocycles. The highest BCUT2D eigenvalue weighted by Gasteiger charge is 2.21. The van der Waals surface area contributed by atoms with Crippen LogP contribution in [0.5, 0.6) is 0 Å². The smallest absolute Gasteiger partial charge is 0.272 e. The van der Waals surface area contributed by atoms with Crippen LogP contribution in [-0.4, -0.2) is 37.8 Å². The van der Waals surface area contributed by atoms with Crippen LogP contribution in [0.2, 0.25) is 0 Å². The maximum Gasteiger partial charge on any atom is 0.272 e. The molecule has 4 rings (SSSR count). The van der Waals surface area contributed by atoms with Gasteiger partial charge in [0.1, 0.15) is 0 Å². The number of fused-ring (bicyclic) bond motifs is 1. The molecule has 1 aromatic carbocycles. The fourth-order valence-electron chi connectivity index (χ4n) is 3.52. The van der Waals surface area contributed by atoms with Crippen LogP contribution in [0, 0.1) is 13.8 Å². The molecule has 2 aromatic heterocycles. The van der Waals surface area contributed by atoms with Gasteiger partial charge >= 0.3 is 0 Å². The minimum Gasteiger partial charge on any atom is -0.297 e. The van der Waals surface area contributed by atoms with Gasteiger partial charge in [0.15, 0.2) is 5.65 Å². The Kier molecular flexibility index (Phi) is 4.87. The van der Waals surface area contributed by atoms with E-state index in [4.69, 9.17) is 0 Å². The number of piperidine rings is 1. The lowest BCUT2D eigenvalue weighted by Crippen LogP contribution is -2.35. The fourth-order valence-corrected chi connectivity index (χ4v) is 4.74. The Labute approximate surface area is 157 Å². The van der Waals surface area contributed by atoms with E-state index in [1.165, 1.54) is 27.8 Å². The minimum atomic E-state index is -0.0388. The van der Waals surface area contributed by atoms with Crippen LogP contribution in [0.25, 0.3) is 5.65 Å². The number of aromatic nitrogens is 3. The molecular formula is C20H24N4OS. The van der Waals surface area contributed by atoms with E-state index in [1.54, 1.807) is 6.07 Å². The Morgan fingerprint density at radius 1 is 1.19 bits per heavy atom. The number of thioether (sulfide) groups is 1. The molecule has 0 aliphatic carbocycles. The fraction of sp³-hybridized carbons (Fsp3) is 0.400. The molecule has 0 amide bonds. The summed E-state index contributed by atoms with van der Waals surface area (Å²) in [6.45, 7) is 6.97. The quantitative estimate of drug-likeness (QED) is 0.767. The lowest BCUT2D eigenvalue weighted by molar-refractivity contribution is 0.222. The molecule has 1 fully saturated rings. The summed E-state index contributed by atoms with van der Waals surface area (Å²) in [6.07, 6.45) is 2.34. The lowest BCUT2D eigenvalue weighted by Gasteiger charge is -2.31. The van der Waals surface area contributed by atoms with Crippen LogP contribution < -0.4 is 5.56 Å². The Bertz CT molecular complexity index is 969. The van der Waals surface area contributed by atoms with Gasteiger partial charge in [0, 0.05) is 34.5 Å². The number of aryl methyl sites for hydroxylation is 2. The van der Waals surface area contributed by atoms with E-state index in [2.05, 4.69) is 46.2 Å². The zero-order valence-corrected chi connectivity index (χ0v) is 16.1. The first kappa shape index (κ1) is 17.4. The van der Waals surface area contributed by atoms with Crippen molar-refractivity contribution >= 4 is 17.4 Å². The molecule has 3 aromatic rings. The molecule has 1 aliphatic rings. The van der Waals surface area contributed by atoms with E-state index in [9.17, 15) is 4.79 Å². The van der Waals surface area contributed by atoms with Crippen LogP contribution in [-0.2, 0) is 6.54 Å². The number of rotatable bonds is 4. The molecular weight excluding hydrogens is 344 g/mol. The SMILES string of the molecule is Cc1cc2nc(CN3CCC(Sc4ccccc4C)CC3)cc(=O)n2[nH]1. The summed E-state index contributed by atoms with van der Waals surface area (Å²) < 4.78 is 1.50. The van der Waals surface area contributed by atoms with E-state index in [0.717, 1.165) is 31.0 Å². The second-order valence-corrected chi connectivity index (χ2v) is 8.42. The molecule has 0 radical (unpaired) electrons. The van der Waals surface area contributed by atoms with Crippen LogP contribution in [0.3, 0.4) is 0 Å². The number of likely N-dealkylation sites (tertiary alicyclic amines) is 1. The van der Waals surface area contributed by atoms with Crippen molar-refractivity contribution in [1.29, 1.82) is 0 Å². The van der Waals surface area contributed by atoms with Crippen LogP contribution in [0.4, 0.5) is 0 Å². The highest BCUT2D eigenvalue weighted by molar-refractivity contribution is 8.00. The zero-order valence-electron chi connectivity index (χ0n) is 15.2. The van der Waals surface area contributed by atoms with Gasteiger partial charge in [-0.05, 0) is 51.4 Å². The van der Waals surface area contributed by atoms with Crippen molar-refractivity contribution in [3.8, 4) is 0 Å². The number of hydrogen-bond acceptors (Lipinski definition) is 4. The van der Waals surface area contributed by atoms with Gasteiger partial charge in [0.25, 0.3) is 5.56 Å². The molecule has 0 unspecified atom stereocenters. The van der Waals surface area contributed by atoms with Gasteiger partial charge in [0.05, 0.1) is 5.69 Å². The molecule has 6 heteroatoms. The first-order valence-electron chi connectivity index (χ1n) is 9.11. The third-order valence-electron chi connectivity index (χ3n) is 4.94. The van der Waals surface area contributed by atoms with Crippen LogP contribution >= 0.6 is 11.8 Å². The molecule has 0 spiro atoms. The first-order chi connectivity index (χ1) is 12.6. The summed E-state index contributed by atoms with van der Waals surface area (Å²) in [6, 6.07) is 12.2. The predicted molar refractivity (Wildman–Crippen MR) is 106 cm³/mol. The summed E-state index contributed by atoms with van der Waals surface area (Å²) in [7, 11) is 0. The van der Waals surface area contributed by atoms with Gasteiger partial charge in [-0.1, -0.05) is 18.2 Å². The predicted octanol–water partition coefficient (Wildman–Crippen LogP) is 3.40. The minimum absolute atomic E-state index is 0.0388. The van der Waals surface area contributed by atoms with E-state index in [1.807, 2.05) is 24.8 Å². The van der Waals surface area contributed by atoms with Gasteiger partial charge in [-0.3, -0.25) is 14.8 Å². The summed E-state index contributed by atoms with van der Waals surface area (Å²) in [5, 5.41) is 3.68. The maximum absolute atomic E-state index is 12.2. The molecule has 0 bridgehead atoms. The zero-order chi connectivity index (χ0) is 18.1. The van der Waals surface area contributed by atoms with Gasteiger partial charge in [-0.15, -0.1) is 11.8 Å². The molecule has 3 heterocycles. The monoisotopic (exact) mass is 368 g/mol. The normalized spacial score (nSPS) is 16.4. The van der Waals surface area contributed by atoms with Crippen molar-refractivity contribution in [3.05, 3.63) is 63.7 Å². The highest BCUT2D eigenvalue weighted by atomic mass is 32.2. The molecule has 0 saturated carbocycles. The van der Waals surface area contributed by atoms with Crippen LogP contribution in [0.1, 0.15) is 29.8 Å². The molecule has 0 atom stereocenters. The number of nitrogens with one attached hydrogen (secondary N) is 1. The molecule has 136 valence electrons. The number of hydrogen-bond donors (Lipinski definition) is 1. The highest BCUT2D eigenvalue weighted by Crippen LogP contribution is 2.32.